The molecule has 0 bridgehead atoms. The molecule has 1 aromatic carbocycles. The van der Waals surface area contributed by atoms with Crippen molar-refractivity contribution in [2.24, 2.45) is 0 Å². The van der Waals surface area contributed by atoms with Crippen LogP contribution in [0.3, 0.4) is 0 Å². The number of pyridine rings is 1. The van der Waals surface area contributed by atoms with Crippen LogP contribution >= 0.6 is 0 Å². The van der Waals surface area contributed by atoms with Gasteiger partial charge in [0.15, 0.2) is 0 Å². The van der Waals surface area contributed by atoms with E-state index >= 15 is 0 Å². The lowest BCUT2D eigenvalue weighted by atomic mass is 9.91. The van der Waals surface area contributed by atoms with Gasteiger partial charge in [-0.1, -0.05) is 6.07 Å². The van der Waals surface area contributed by atoms with E-state index in [0.29, 0.717) is 29.9 Å². The molecule has 3 N–H and O–H groups in total. The number of hydrogen-bond acceptors (Lipinski definition) is 4. The number of amides is 4. The predicted octanol–water partition coefficient (Wildman–Crippen LogP) is 4.50. The first kappa shape index (κ1) is 21.7. The van der Waals surface area contributed by atoms with Gasteiger partial charge in [0, 0.05) is 37.0 Å². The van der Waals surface area contributed by atoms with Gasteiger partial charge in [-0.3, -0.25) is 0 Å². The van der Waals surface area contributed by atoms with Crippen LogP contribution in [0.4, 0.5) is 34.1 Å². The lowest BCUT2D eigenvalue weighted by molar-refractivity contribution is -0.141. The zero-order valence-corrected chi connectivity index (χ0v) is 17.6. The number of carbonyl (C=O) groups excluding carboxylic acids is 2. The van der Waals surface area contributed by atoms with Gasteiger partial charge >= 0.3 is 18.2 Å². The van der Waals surface area contributed by atoms with Crippen molar-refractivity contribution in [1.82, 2.24) is 15.2 Å². The van der Waals surface area contributed by atoms with E-state index in [9.17, 15) is 22.8 Å². The third-order valence-electron chi connectivity index (χ3n) is 5.29. The Kier molecular flexibility index (Phi) is 5.14. The summed E-state index contributed by atoms with van der Waals surface area (Å²) in [7, 11) is 1.68. The predicted molar refractivity (Wildman–Crippen MR) is 110 cm³/mol. The van der Waals surface area contributed by atoms with Crippen LogP contribution in [0.25, 0.3) is 0 Å². The molecule has 2 aromatic rings. The highest BCUT2D eigenvalue weighted by Crippen LogP contribution is 2.40. The van der Waals surface area contributed by atoms with E-state index in [-0.39, 0.29) is 11.9 Å². The smallest absolute Gasteiger partial charge is 0.433 e. The summed E-state index contributed by atoms with van der Waals surface area (Å²) in [5.41, 5.74) is 0.456. The number of carbonyl (C=O) groups is 2. The highest BCUT2D eigenvalue weighted by atomic mass is 19.4. The minimum atomic E-state index is -4.60. The van der Waals surface area contributed by atoms with E-state index in [2.05, 4.69) is 20.9 Å². The van der Waals surface area contributed by atoms with Gasteiger partial charge in [-0.05, 0) is 43.7 Å². The van der Waals surface area contributed by atoms with Gasteiger partial charge in [0.2, 0.25) is 5.88 Å². The second-order valence-electron chi connectivity index (χ2n) is 8.46. The fourth-order valence-electron chi connectivity index (χ4n) is 3.76. The molecule has 2 aliphatic rings. The van der Waals surface area contributed by atoms with Crippen LogP contribution < -0.4 is 20.7 Å². The molecule has 0 radical (unpaired) electrons. The average Bonchev–Trinajstić information content (AvgIpc) is 2.67. The Morgan fingerprint density at radius 3 is 2.75 bits per heavy atom. The van der Waals surface area contributed by atoms with Crippen molar-refractivity contribution in [2.75, 3.05) is 17.7 Å². The van der Waals surface area contributed by atoms with Crippen LogP contribution in [0.2, 0.25) is 0 Å². The number of ether oxygens (including phenoxy) is 1. The number of rotatable bonds is 2. The van der Waals surface area contributed by atoms with Gasteiger partial charge in [0.1, 0.15) is 11.3 Å². The maximum atomic E-state index is 13.0. The topological polar surface area (TPSA) is 95.6 Å². The molecule has 4 rings (SSSR count). The zero-order valence-electron chi connectivity index (χ0n) is 17.6. The Hall–Kier alpha value is -3.50. The summed E-state index contributed by atoms with van der Waals surface area (Å²) < 4.78 is 44.8. The molecule has 0 saturated heterocycles. The number of hydrogen-bond donors (Lipinski definition) is 3. The van der Waals surface area contributed by atoms with E-state index in [1.807, 2.05) is 0 Å². The van der Waals surface area contributed by atoms with Gasteiger partial charge in [0.25, 0.3) is 0 Å². The largest absolute Gasteiger partial charge is 0.471 e. The summed E-state index contributed by atoms with van der Waals surface area (Å²) in [6.45, 7) is 3.88. The molecule has 2 aliphatic heterocycles. The summed E-state index contributed by atoms with van der Waals surface area (Å²) in [6, 6.07) is 5.92. The first-order valence-electron chi connectivity index (χ1n) is 9.91. The Balaban J connectivity index is 1.51. The maximum absolute atomic E-state index is 13.0. The van der Waals surface area contributed by atoms with Crippen LogP contribution in [-0.2, 0) is 12.7 Å². The van der Waals surface area contributed by atoms with Gasteiger partial charge in [-0.15, -0.1) is 0 Å². The summed E-state index contributed by atoms with van der Waals surface area (Å²) in [6.07, 6.45) is -4.26. The van der Waals surface area contributed by atoms with Crippen LogP contribution in [-0.4, -0.2) is 34.6 Å². The molecule has 11 heteroatoms. The van der Waals surface area contributed by atoms with E-state index in [1.165, 1.54) is 11.0 Å². The average molecular weight is 449 g/mol. The summed E-state index contributed by atoms with van der Waals surface area (Å²) in [5.74, 6) is -0.151. The van der Waals surface area contributed by atoms with Crippen LogP contribution in [0.5, 0.6) is 5.88 Å². The minimum Gasteiger partial charge on any atom is -0.471 e. The van der Waals surface area contributed by atoms with E-state index in [4.69, 9.17) is 4.74 Å². The second-order valence-corrected chi connectivity index (χ2v) is 8.46. The highest BCUT2D eigenvalue weighted by molar-refractivity contribution is 5.95. The molecule has 0 spiro atoms. The second kappa shape index (κ2) is 7.57. The molecule has 3 heterocycles. The molecule has 0 aliphatic carbocycles. The molecule has 4 amide bonds. The molecule has 170 valence electrons. The third-order valence-corrected chi connectivity index (χ3v) is 5.29. The molecule has 1 aromatic heterocycles. The van der Waals surface area contributed by atoms with Crippen LogP contribution in [0, 0.1) is 0 Å². The van der Waals surface area contributed by atoms with Crippen molar-refractivity contribution in [3.05, 3.63) is 47.2 Å². The van der Waals surface area contributed by atoms with Crippen molar-refractivity contribution in [3.63, 3.8) is 0 Å². The lowest BCUT2D eigenvalue weighted by Crippen LogP contribution is -2.43. The number of alkyl halides is 3. The quantitative estimate of drug-likeness (QED) is 0.629. The third kappa shape index (κ3) is 4.41. The van der Waals surface area contributed by atoms with Gasteiger partial charge in [-0.2, -0.15) is 13.2 Å². The molecule has 0 saturated carbocycles. The minimum absolute atomic E-state index is 0.151. The number of anilines is 2. The Bertz CT molecular complexity index is 1090. The molecule has 0 fully saturated rings. The van der Waals surface area contributed by atoms with E-state index in [1.54, 1.807) is 39.1 Å². The number of urea groups is 2. The van der Waals surface area contributed by atoms with E-state index in [0.717, 1.165) is 11.6 Å². The molecule has 32 heavy (non-hydrogen) atoms. The Morgan fingerprint density at radius 2 is 2.03 bits per heavy atom. The SMILES string of the molecule is CN1Cc2ccc(NC(=O)N[C@@H]3CC(C)(C)Oc4nc(C(F)(F)F)ccc43)cc2NC1=O. The van der Waals surface area contributed by atoms with Crippen molar-refractivity contribution >= 4 is 23.4 Å². The summed E-state index contributed by atoms with van der Waals surface area (Å²) in [5, 5.41) is 8.23. The molecular formula is C21H22F3N5O3. The van der Waals surface area contributed by atoms with Crippen molar-refractivity contribution in [1.29, 1.82) is 0 Å². The molecule has 1 atom stereocenters. The number of nitrogens with zero attached hydrogens (tertiary/aromatic N) is 2. The monoisotopic (exact) mass is 449 g/mol. The molecule has 8 nitrogen and oxygen atoms in total. The van der Waals surface area contributed by atoms with Gasteiger partial charge < -0.3 is 25.6 Å². The van der Waals surface area contributed by atoms with Crippen molar-refractivity contribution in [3.8, 4) is 5.88 Å². The highest BCUT2D eigenvalue weighted by Gasteiger charge is 2.39. The number of nitrogens with one attached hydrogen (secondary N) is 3. The van der Waals surface area contributed by atoms with Gasteiger partial charge in [-0.25, -0.2) is 14.6 Å². The first-order valence-corrected chi connectivity index (χ1v) is 9.91. The first-order chi connectivity index (χ1) is 14.9. The fourth-order valence-corrected chi connectivity index (χ4v) is 3.76. The summed E-state index contributed by atoms with van der Waals surface area (Å²) >= 11 is 0. The van der Waals surface area contributed by atoms with Crippen molar-refractivity contribution < 1.29 is 27.5 Å². The van der Waals surface area contributed by atoms with Crippen molar-refractivity contribution in [2.45, 2.75) is 44.6 Å². The number of halogens is 3. The lowest BCUT2D eigenvalue weighted by Gasteiger charge is -2.37. The molecule has 0 unspecified atom stereocenters. The Morgan fingerprint density at radius 1 is 1.28 bits per heavy atom. The standard InChI is InChI=1S/C21H22F3N5O3/c1-20(2)9-15(13-6-7-16(21(22,23)24)28-17(13)32-20)26-18(30)25-12-5-4-11-10-29(3)19(31)27-14(11)8-12/h4-8,15H,9-10H2,1-3H3,(H,27,31)(H2,25,26,30)/t15-/m1/s1. The van der Waals surface area contributed by atoms with Crippen LogP contribution in [0.15, 0.2) is 30.3 Å². The number of aromatic nitrogens is 1. The summed E-state index contributed by atoms with van der Waals surface area (Å²) in [4.78, 5) is 29.6. The zero-order chi connectivity index (χ0) is 23.3. The number of fused-ring (bicyclic) bond motifs is 2. The normalized spacial score (nSPS) is 19.2. The molecular weight excluding hydrogens is 427 g/mol. The fraction of sp³-hybridized carbons (Fsp3) is 0.381. The van der Waals surface area contributed by atoms with E-state index < -0.39 is 29.5 Å². The Labute approximate surface area is 182 Å². The number of benzene rings is 1. The van der Waals surface area contributed by atoms with Crippen LogP contribution in [0.1, 0.15) is 43.1 Å². The maximum Gasteiger partial charge on any atom is 0.433 e. The van der Waals surface area contributed by atoms with Gasteiger partial charge in [0.05, 0.1) is 6.04 Å².